The van der Waals surface area contributed by atoms with Crippen LogP contribution in [0.3, 0.4) is 0 Å². The van der Waals surface area contributed by atoms with Crippen molar-refractivity contribution in [3.63, 3.8) is 0 Å². The lowest BCUT2D eigenvalue weighted by molar-refractivity contribution is -0.121. The Hall–Kier alpha value is -0.570. The van der Waals surface area contributed by atoms with Gasteiger partial charge < -0.3 is 10.6 Å². The lowest BCUT2D eigenvalue weighted by Crippen LogP contribution is -2.44. The van der Waals surface area contributed by atoms with Crippen LogP contribution >= 0.6 is 0 Å². The first-order valence-electron chi connectivity index (χ1n) is 5.37. The maximum atomic E-state index is 10.3. The van der Waals surface area contributed by atoms with Gasteiger partial charge in [0, 0.05) is 13.1 Å². The highest BCUT2D eigenvalue weighted by Gasteiger charge is 2.02. The third-order valence-electron chi connectivity index (χ3n) is 2.41. The zero-order chi connectivity index (χ0) is 9.36. The van der Waals surface area contributed by atoms with E-state index in [9.17, 15) is 4.79 Å². The van der Waals surface area contributed by atoms with Gasteiger partial charge in [0.1, 0.15) is 0 Å². The lowest BCUT2D eigenvalue weighted by atomic mass is 10.0. The van der Waals surface area contributed by atoms with E-state index in [-0.39, 0.29) is 5.91 Å². The number of rotatable bonds is 0. The summed E-state index contributed by atoms with van der Waals surface area (Å²) in [4.78, 5) is 10.3. The average Bonchev–Trinajstić information content (AvgIpc) is 2.22. The van der Waals surface area contributed by atoms with Crippen LogP contribution in [-0.4, -0.2) is 25.5 Å². The quantitative estimate of drug-likeness (QED) is 0.591. The largest absolute Gasteiger partial charge is 0.354 e. The van der Waals surface area contributed by atoms with Crippen molar-refractivity contribution in [1.82, 2.24) is 10.6 Å². The average molecular weight is 184 g/mol. The molecule has 2 rings (SSSR count). The standard InChI is InChI=1S/C6H12.C4H8N2O/c1-2-4-6-5-3-1;7-4-3-5-1-2-6-4/h1-6H2;5H,1-3H2,(H,6,7). The highest BCUT2D eigenvalue weighted by atomic mass is 16.2. The van der Waals surface area contributed by atoms with Gasteiger partial charge in [-0.3, -0.25) is 4.79 Å². The van der Waals surface area contributed by atoms with Gasteiger partial charge >= 0.3 is 0 Å². The van der Waals surface area contributed by atoms with E-state index in [1.165, 1.54) is 38.5 Å². The SMILES string of the molecule is C1CCCCC1.O=C1CNCCN1. The van der Waals surface area contributed by atoms with E-state index in [2.05, 4.69) is 10.6 Å². The van der Waals surface area contributed by atoms with E-state index in [4.69, 9.17) is 0 Å². The number of nitrogens with one attached hydrogen (secondary N) is 2. The van der Waals surface area contributed by atoms with Crippen molar-refractivity contribution in [2.24, 2.45) is 0 Å². The fourth-order valence-corrected chi connectivity index (χ4v) is 1.62. The van der Waals surface area contributed by atoms with Gasteiger partial charge in [-0.15, -0.1) is 0 Å². The smallest absolute Gasteiger partial charge is 0.234 e. The van der Waals surface area contributed by atoms with Crippen LogP contribution in [-0.2, 0) is 4.79 Å². The molecule has 1 heterocycles. The van der Waals surface area contributed by atoms with Gasteiger partial charge in [0.25, 0.3) is 0 Å². The fraction of sp³-hybridized carbons (Fsp3) is 0.900. The number of hydrogen-bond acceptors (Lipinski definition) is 2. The fourth-order valence-electron chi connectivity index (χ4n) is 1.62. The number of amides is 1. The van der Waals surface area contributed by atoms with Gasteiger partial charge in [-0.25, -0.2) is 0 Å². The molecule has 2 N–H and O–H groups in total. The molecule has 13 heavy (non-hydrogen) atoms. The van der Waals surface area contributed by atoms with E-state index >= 15 is 0 Å². The molecule has 3 nitrogen and oxygen atoms in total. The maximum Gasteiger partial charge on any atom is 0.234 e. The van der Waals surface area contributed by atoms with Crippen molar-refractivity contribution in [1.29, 1.82) is 0 Å². The van der Waals surface area contributed by atoms with Crippen molar-refractivity contribution >= 4 is 5.91 Å². The molecule has 1 aliphatic carbocycles. The van der Waals surface area contributed by atoms with Crippen LogP contribution in [0.4, 0.5) is 0 Å². The zero-order valence-electron chi connectivity index (χ0n) is 8.27. The summed E-state index contributed by atoms with van der Waals surface area (Å²) in [5, 5.41) is 5.60. The van der Waals surface area contributed by atoms with Gasteiger partial charge in [0.15, 0.2) is 0 Å². The van der Waals surface area contributed by atoms with E-state index < -0.39 is 0 Å². The van der Waals surface area contributed by atoms with Crippen LogP contribution in [0.5, 0.6) is 0 Å². The Bertz CT molecular complexity index is 124. The van der Waals surface area contributed by atoms with Crippen molar-refractivity contribution in [2.75, 3.05) is 19.6 Å². The molecule has 76 valence electrons. The molecule has 0 atom stereocenters. The molecule has 0 radical (unpaired) electrons. The van der Waals surface area contributed by atoms with E-state index in [1.807, 2.05) is 0 Å². The summed E-state index contributed by atoms with van der Waals surface area (Å²) in [6, 6.07) is 0. The van der Waals surface area contributed by atoms with E-state index in [0.717, 1.165) is 13.1 Å². The molecule has 1 aliphatic heterocycles. The van der Waals surface area contributed by atoms with Crippen LogP contribution in [0.2, 0.25) is 0 Å². The van der Waals surface area contributed by atoms with Crippen LogP contribution in [0.25, 0.3) is 0 Å². The Morgan fingerprint density at radius 1 is 0.846 bits per heavy atom. The predicted molar refractivity (Wildman–Crippen MR) is 53.6 cm³/mol. The minimum Gasteiger partial charge on any atom is -0.354 e. The zero-order valence-corrected chi connectivity index (χ0v) is 8.27. The predicted octanol–water partition coefficient (Wildman–Crippen LogP) is 1.05. The third kappa shape index (κ3) is 5.64. The monoisotopic (exact) mass is 184 g/mol. The van der Waals surface area contributed by atoms with Crippen LogP contribution < -0.4 is 10.6 Å². The van der Waals surface area contributed by atoms with Crippen LogP contribution in [0.1, 0.15) is 38.5 Å². The summed E-state index contributed by atoms with van der Waals surface area (Å²) in [6.07, 6.45) is 9.00. The molecular weight excluding hydrogens is 164 g/mol. The molecule has 1 saturated carbocycles. The molecule has 1 amide bonds. The summed E-state index contributed by atoms with van der Waals surface area (Å²) in [6.45, 7) is 2.17. The van der Waals surface area contributed by atoms with Crippen LogP contribution in [0.15, 0.2) is 0 Å². The summed E-state index contributed by atoms with van der Waals surface area (Å²) < 4.78 is 0. The maximum absolute atomic E-state index is 10.3. The molecule has 0 aromatic heterocycles. The molecule has 0 spiro atoms. The van der Waals surface area contributed by atoms with Gasteiger partial charge in [-0.05, 0) is 0 Å². The molecule has 1 saturated heterocycles. The normalized spacial score (nSPS) is 22.6. The Morgan fingerprint density at radius 2 is 1.38 bits per heavy atom. The molecule has 0 aromatic rings. The first kappa shape index (κ1) is 10.5. The highest BCUT2D eigenvalue weighted by molar-refractivity contribution is 5.78. The van der Waals surface area contributed by atoms with E-state index in [0.29, 0.717) is 6.54 Å². The number of carbonyl (C=O) groups excluding carboxylic acids is 1. The lowest BCUT2D eigenvalue weighted by Gasteiger charge is -2.11. The number of hydrogen-bond donors (Lipinski definition) is 2. The highest BCUT2D eigenvalue weighted by Crippen LogP contribution is 2.15. The third-order valence-corrected chi connectivity index (χ3v) is 2.41. The second-order valence-electron chi connectivity index (χ2n) is 3.65. The summed E-state index contributed by atoms with van der Waals surface area (Å²) in [5.74, 6) is 0.103. The second-order valence-corrected chi connectivity index (χ2v) is 3.65. The van der Waals surface area contributed by atoms with Gasteiger partial charge in [0.2, 0.25) is 5.91 Å². The molecule has 2 fully saturated rings. The first-order chi connectivity index (χ1) is 6.39. The van der Waals surface area contributed by atoms with Gasteiger partial charge in [-0.1, -0.05) is 38.5 Å². The molecule has 0 bridgehead atoms. The Labute approximate surface area is 80.3 Å². The number of piperazine rings is 1. The molecule has 0 unspecified atom stereocenters. The molecule has 3 heteroatoms. The molecule has 0 aromatic carbocycles. The van der Waals surface area contributed by atoms with Crippen molar-refractivity contribution in [3.8, 4) is 0 Å². The second kappa shape index (κ2) is 6.89. The minimum atomic E-state index is 0.103. The Morgan fingerprint density at radius 3 is 1.62 bits per heavy atom. The summed E-state index contributed by atoms with van der Waals surface area (Å²) in [7, 11) is 0. The first-order valence-corrected chi connectivity index (χ1v) is 5.37. The van der Waals surface area contributed by atoms with Crippen LogP contribution in [0, 0.1) is 0 Å². The van der Waals surface area contributed by atoms with Crippen molar-refractivity contribution < 1.29 is 4.79 Å². The minimum absolute atomic E-state index is 0.103. The Kier molecular flexibility index (Phi) is 5.57. The Balaban J connectivity index is 0.000000132. The molecule has 2 aliphatic rings. The van der Waals surface area contributed by atoms with Gasteiger partial charge in [-0.2, -0.15) is 0 Å². The topological polar surface area (TPSA) is 41.1 Å². The van der Waals surface area contributed by atoms with Gasteiger partial charge in [0.05, 0.1) is 6.54 Å². The van der Waals surface area contributed by atoms with Crippen molar-refractivity contribution in [2.45, 2.75) is 38.5 Å². The molecular formula is C10H20N2O. The van der Waals surface area contributed by atoms with E-state index in [1.54, 1.807) is 0 Å². The summed E-state index contributed by atoms with van der Waals surface area (Å²) >= 11 is 0. The number of carbonyl (C=O) groups is 1. The van der Waals surface area contributed by atoms with Crippen molar-refractivity contribution in [3.05, 3.63) is 0 Å². The summed E-state index contributed by atoms with van der Waals surface area (Å²) in [5.41, 5.74) is 0.